The molecule has 4 nitrogen and oxygen atoms in total. The third-order valence-electron chi connectivity index (χ3n) is 3.08. The molecule has 0 saturated heterocycles. The van der Waals surface area contributed by atoms with E-state index in [1.807, 2.05) is 13.0 Å². The number of nitrogens with two attached hydrogens (primary N) is 1. The van der Waals surface area contributed by atoms with E-state index in [0.29, 0.717) is 5.56 Å². The van der Waals surface area contributed by atoms with Gasteiger partial charge in [-0.3, -0.25) is 4.79 Å². The number of hydrogen-bond acceptors (Lipinski definition) is 4. The summed E-state index contributed by atoms with van der Waals surface area (Å²) < 4.78 is 4.64. The molecular formula is C13H19NO3. The summed E-state index contributed by atoms with van der Waals surface area (Å²) in [4.78, 5) is 11.5. The van der Waals surface area contributed by atoms with Crippen LogP contribution in [0.2, 0.25) is 0 Å². The topological polar surface area (TPSA) is 72.5 Å². The van der Waals surface area contributed by atoms with Crippen molar-refractivity contribution >= 4 is 5.97 Å². The van der Waals surface area contributed by atoms with Crippen LogP contribution in [-0.2, 0) is 14.9 Å². The molecule has 0 radical (unpaired) electrons. The highest BCUT2D eigenvalue weighted by atomic mass is 16.5. The summed E-state index contributed by atoms with van der Waals surface area (Å²) in [6.07, 6.45) is 0. The Bertz CT molecular complexity index is 427. The molecule has 0 fully saturated rings. The molecule has 1 atom stereocenters. The van der Waals surface area contributed by atoms with Gasteiger partial charge in [-0.15, -0.1) is 0 Å². The Hall–Kier alpha value is -1.55. The molecule has 94 valence electrons. The van der Waals surface area contributed by atoms with Crippen molar-refractivity contribution in [3.8, 4) is 5.75 Å². The first-order valence-corrected chi connectivity index (χ1v) is 5.44. The number of phenols is 1. The van der Waals surface area contributed by atoms with E-state index in [9.17, 15) is 9.90 Å². The summed E-state index contributed by atoms with van der Waals surface area (Å²) in [6.45, 7) is 5.49. The Labute approximate surface area is 101 Å². The first kappa shape index (κ1) is 13.5. The van der Waals surface area contributed by atoms with Gasteiger partial charge in [-0.05, 0) is 18.6 Å². The van der Waals surface area contributed by atoms with Gasteiger partial charge in [-0.1, -0.05) is 26.0 Å². The summed E-state index contributed by atoms with van der Waals surface area (Å²) in [6, 6.07) is 4.50. The highest BCUT2D eigenvalue weighted by Crippen LogP contribution is 2.33. The molecule has 4 heteroatoms. The van der Waals surface area contributed by atoms with Crippen LogP contribution in [-0.4, -0.2) is 24.2 Å². The average molecular weight is 237 g/mol. The van der Waals surface area contributed by atoms with Crippen molar-refractivity contribution in [2.45, 2.75) is 32.2 Å². The first-order valence-electron chi connectivity index (χ1n) is 5.44. The van der Waals surface area contributed by atoms with Gasteiger partial charge in [0.1, 0.15) is 11.8 Å². The van der Waals surface area contributed by atoms with Crippen LogP contribution in [0.25, 0.3) is 0 Å². The number of rotatable bonds is 3. The van der Waals surface area contributed by atoms with Crippen molar-refractivity contribution < 1.29 is 14.6 Å². The number of phenolic OH excluding ortho intramolecular Hbond substituents is 1. The highest BCUT2D eigenvalue weighted by Gasteiger charge is 2.36. The molecule has 0 bridgehead atoms. The smallest absolute Gasteiger partial charge is 0.323 e. The molecule has 3 N–H and O–H groups in total. The zero-order valence-electron chi connectivity index (χ0n) is 10.7. The van der Waals surface area contributed by atoms with Crippen molar-refractivity contribution in [3.05, 3.63) is 29.3 Å². The average Bonchev–Trinajstić information content (AvgIpc) is 2.26. The minimum Gasteiger partial charge on any atom is -0.508 e. The van der Waals surface area contributed by atoms with E-state index in [2.05, 4.69) is 4.74 Å². The van der Waals surface area contributed by atoms with Crippen LogP contribution < -0.4 is 5.73 Å². The summed E-state index contributed by atoms with van der Waals surface area (Å²) in [5.74, 6) is -0.343. The minimum absolute atomic E-state index is 0.148. The molecule has 1 aromatic rings. The van der Waals surface area contributed by atoms with Gasteiger partial charge in [0.05, 0.1) is 7.11 Å². The van der Waals surface area contributed by atoms with Gasteiger partial charge in [-0.2, -0.15) is 0 Å². The molecule has 0 saturated carbocycles. The molecule has 0 aromatic heterocycles. The van der Waals surface area contributed by atoms with Gasteiger partial charge in [0.2, 0.25) is 0 Å². The molecule has 1 unspecified atom stereocenters. The van der Waals surface area contributed by atoms with Crippen molar-refractivity contribution in [1.82, 2.24) is 0 Å². The first-order chi connectivity index (χ1) is 7.80. The van der Waals surface area contributed by atoms with E-state index in [1.165, 1.54) is 7.11 Å². The van der Waals surface area contributed by atoms with Gasteiger partial charge >= 0.3 is 5.97 Å². The summed E-state index contributed by atoms with van der Waals surface area (Å²) in [5.41, 5.74) is 6.76. The SMILES string of the molecule is COC(=O)C(N)C(C)(C)c1ccc(C)cc1O. The number of benzene rings is 1. The van der Waals surface area contributed by atoms with Crippen molar-refractivity contribution in [2.75, 3.05) is 7.11 Å². The van der Waals surface area contributed by atoms with E-state index >= 15 is 0 Å². The molecule has 17 heavy (non-hydrogen) atoms. The van der Waals surface area contributed by atoms with Gasteiger partial charge in [0.15, 0.2) is 0 Å². The lowest BCUT2D eigenvalue weighted by molar-refractivity contribution is -0.143. The lowest BCUT2D eigenvalue weighted by Crippen LogP contribution is -2.47. The fourth-order valence-electron chi connectivity index (χ4n) is 1.78. The lowest BCUT2D eigenvalue weighted by atomic mass is 9.77. The van der Waals surface area contributed by atoms with E-state index in [4.69, 9.17) is 5.73 Å². The highest BCUT2D eigenvalue weighted by molar-refractivity contribution is 5.78. The standard InChI is InChI=1S/C13H19NO3/c1-8-5-6-9(10(15)7-8)13(2,3)11(14)12(16)17-4/h5-7,11,15H,14H2,1-4H3. The predicted molar refractivity (Wildman–Crippen MR) is 65.9 cm³/mol. The van der Waals surface area contributed by atoms with Crippen LogP contribution in [0.15, 0.2) is 18.2 Å². The number of methoxy groups -OCH3 is 1. The van der Waals surface area contributed by atoms with E-state index in [0.717, 1.165) is 5.56 Å². The summed E-state index contributed by atoms with van der Waals surface area (Å²) >= 11 is 0. The van der Waals surface area contributed by atoms with Gasteiger partial charge in [0.25, 0.3) is 0 Å². The number of aryl methyl sites for hydroxylation is 1. The number of aromatic hydroxyl groups is 1. The number of carbonyl (C=O) groups excluding carboxylic acids is 1. The summed E-state index contributed by atoms with van der Waals surface area (Å²) in [7, 11) is 1.30. The number of hydrogen-bond donors (Lipinski definition) is 2. The molecule has 0 aliphatic heterocycles. The van der Waals surface area contributed by atoms with Crippen LogP contribution in [0.5, 0.6) is 5.75 Å². The molecule has 0 amide bonds. The van der Waals surface area contributed by atoms with Crippen LogP contribution in [0.3, 0.4) is 0 Å². The fourth-order valence-corrected chi connectivity index (χ4v) is 1.78. The predicted octanol–water partition coefficient (Wildman–Crippen LogP) is 1.48. The van der Waals surface area contributed by atoms with Crippen LogP contribution in [0, 0.1) is 6.92 Å². The Morgan fingerprint density at radius 2 is 2.06 bits per heavy atom. The third-order valence-corrected chi connectivity index (χ3v) is 3.08. The van der Waals surface area contributed by atoms with E-state index in [1.54, 1.807) is 26.0 Å². The molecule has 0 aliphatic rings. The van der Waals surface area contributed by atoms with Crippen molar-refractivity contribution in [1.29, 1.82) is 0 Å². The Morgan fingerprint density at radius 3 is 2.53 bits per heavy atom. The zero-order chi connectivity index (χ0) is 13.2. The number of esters is 1. The van der Waals surface area contributed by atoms with Crippen LogP contribution in [0.4, 0.5) is 0 Å². The van der Waals surface area contributed by atoms with Gasteiger partial charge in [0, 0.05) is 11.0 Å². The van der Waals surface area contributed by atoms with Crippen LogP contribution >= 0.6 is 0 Å². The summed E-state index contributed by atoms with van der Waals surface area (Å²) in [5, 5.41) is 9.92. The van der Waals surface area contributed by atoms with E-state index in [-0.39, 0.29) is 5.75 Å². The van der Waals surface area contributed by atoms with Crippen LogP contribution in [0.1, 0.15) is 25.0 Å². The minimum atomic E-state index is -0.818. The Morgan fingerprint density at radius 1 is 1.47 bits per heavy atom. The monoisotopic (exact) mass is 237 g/mol. The molecule has 1 rings (SSSR count). The molecule has 0 heterocycles. The van der Waals surface area contributed by atoms with Gasteiger partial charge in [-0.25, -0.2) is 0 Å². The van der Waals surface area contributed by atoms with Gasteiger partial charge < -0.3 is 15.6 Å². The zero-order valence-corrected chi connectivity index (χ0v) is 10.7. The number of ether oxygens (including phenoxy) is 1. The van der Waals surface area contributed by atoms with Crippen molar-refractivity contribution in [2.24, 2.45) is 5.73 Å². The largest absolute Gasteiger partial charge is 0.508 e. The Balaban J connectivity index is 3.16. The van der Waals surface area contributed by atoms with E-state index < -0.39 is 17.4 Å². The maximum atomic E-state index is 11.5. The second-order valence-corrected chi connectivity index (χ2v) is 4.74. The maximum absolute atomic E-state index is 11.5. The Kier molecular flexibility index (Phi) is 3.78. The fraction of sp³-hybridized carbons (Fsp3) is 0.462. The second kappa shape index (κ2) is 4.75. The maximum Gasteiger partial charge on any atom is 0.323 e. The molecule has 1 aromatic carbocycles. The normalized spacial score (nSPS) is 13.2. The molecule has 0 aliphatic carbocycles. The molecule has 0 spiro atoms. The second-order valence-electron chi connectivity index (χ2n) is 4.74. The molecular weight excluding hydrogens is 218 g/mol. The quantitative estimate of drug-likeness (QED) is 0.781. The number of carbonyl (C=O) groups is 1. The third kappa shape index (κ3) is 2.58. The lowest BCUT2D eigenvalue weighted by Gasteiger charge is -2.30. The van der Waals surface area contributed by atoms with Crippen molar-refractivity contribution in [3.63, 3.8) is 0 Å².